The Morgan fingerprint density at radius 2 is 1.62 bits per heavy atom. The van der Waals surface area contributed by atoms with Crippen LogP contribution in [0, 0.1) is 0 Å². The van der Waals surface area contributed by atoms with Gasteiger partial charge in [0.1, 0.15) is 23.0 Å². The average Bonchev–Trinajstić information content (AvgIpc) is 2.77. The molecule has 0 fully saturated rings. The van der Waals surface area contributed by atoms with E-state index in [1.54, 1.807) is 20.3 Å². The predicted molar refractivity (Wildman–Crippen MR) is 112 cm³/mol. The number of phenols is 1. The first-order valence-corrected chi connectivity index (χ1v) is 9.41. The fourth-order valence-electron chi connectivity index (χ4n) is 4.33. The number of phenolic OH excluding ortho intramolecular Hbond substituents is 1. The number of fused-ring (bicyclic) bond motifs is 4. The quantitative estimate of drug-likeness (QED) is 0.500. The van der Waals surface area contributed by atoms with Crippen molar-refractivity contribution in [2.75, 3.05) is 14.2 Å². The molecule has 4 aromatic carbocycles. The molecule has 4 nitrogen and oxygen atoms in total. The molecular formula is C25H20O4. The van der Waals surface area contributed by atoms with Crippen molar-refractivity contribution in [1.29, 1.82) is 0 Å². The highest BCUT2D eigenvalue weighted by molar-refractivity contribution is 5.94. The highest BCUT2D eigenvalue weighted by atomic mass is 16.5. The van der Waals surface area contributed by atoms with E-state index in [1.165, 1.54) is 0 Å². The van der Waals surface area contributed by atoms with Gasteiger partial charge >= 0.3 is 0 Å². The molecule has 0 spiro atoms. The van der Waals surface area contributed by atoms with Gasteiger partial charge in [0.2, 0.25) is 0 Å². The Morgan fingerprint density at radius 3 is 2.38 bits per heavy atom. The Labute approximate surface area is 168 Å². The van der Waals surface area contributed by atoms with Crippen LogP contribution >= 0.6 is 0 Å². The van der Waals surface area contributed by atoms with Crippen LogP contribution in [0.2, 0.25) is 0 Å². The van der Waals surface area contributed by atoms with E-state index >= 15 is 0 Å². The normalized spacial score (nSPS) is 17.3. The molecule has 0 saturated carbocycles. The molecule has 0 aliphatic carbocycles. The third kappa shape index (κ3) is 2.43. The average molecular weight is 384 g/mol. The van der Waals surface area contributed by atoms with E-state index in [-0.39, 0.29) is 5.75 Å². The molecule has 1 aliphatic rings. The van der Waals surface area contributed by atoms with Crippen LogP contribution in [0.25, 0.3) is 10.8 Å². The van der Waals surface area contributed by atoms with Crippen LogP contribution in [0.1, 0.15) is 16.7 Å². The lowest BCUT2D eigenvalue weighted by molar-refractivity contribution is 0.0512. The predicted octanol–water partition coefficient (Wildman–Crippen LogP) is 5.60. The van der Waals surface area contributed by atoms with Gasteiger partial charge in [-0.1, -0.05) is 42.5 Å². The first-order chi connectivity index (χ1) is 14.2. The smallest absolute Gasteiger partial charge is 0.151 e. The van der Waals surface area contributed by atoms with Gasteiger partial charge < -0.3 is 19.3 Å². The second kappa shape index (κ2) is 6.54. The highest BCUT2D eigenvalue weighted by Gasteiger charge is 2.45. The van der Waals surface area contributed by atoms with Crippen molar-refractivity contribution in [2.45, 2.75) is 5.60 Å². The van der Waals surface area contributed by atoms with Crippen molar-refractivity contribution >= 4 is 10.8 Å². The van der Waals surface area contributed by atoms with Crippen LogP contribution < -0.4 is 9.47 Å². The molecule has 0 amide bonds. The molecule has 5 rings (SSSR count). The van der Waals surface area contributed by atoms with Gasteiger partial charge in [-0.15, -0.1) is 0 Å². The lowest BCUT2D eigenvalue weighted by Gasteiger charge is -2.40. The summed E-state index contributed by atoms with van der Waals surface area (Å²) in [5.41, 5.74) is 1.84. The van der Waals surface area contributed by atoms with Crippen molar-refractivity contribution in [2.24, 2.45) is 0 Å². The summed E-state index contributed by atoms with van der Waals surface area (Å²) in [4.78, 5) is 0. The van der Waals surface area contributed by atoms with Gasteiger partial charge in [0.25, 0.3) is 0 Å². The summed E-state index contributed by atoms with van der Waals surface area (Å²) in [5.74, 6) is 2.31. The van der Waals surface area contributed by atoms with Crippen molar-refractivity contribution < 1.29 is 19.3 Å². The third-order valence-electron chi connectivity index (χ3n) is 5.63. The van der Waals surface area contributed by atoms with Gasteiger partial charge in [0.15, 0.2) is 5.60 Å². The SMILES string of the molecule is COc1ccc2c(c1)Oc1ccc3c(O)cccc3c1[C@@]2(OC)c1ccccc1. The molecule has 0 bridgehead atoms. The minimum atomic E-state index is -0.899. The number of aromatic hydroxyl groups is 1. The first kappa shape index (κ1) is 17.6. The maximum absolute atomic E-state index is 10.5. The van der Waals surface area contributed by atoms with Crippen LogP contribution in [0.4, 0.5) is 0 Å². The van der Waals surface area contributed by atoms with Gasteiger partial charge in [-0.3, -0.25) is 0 Å². The molecule has 0 aromatic heterocycles. The van der Waals surface area contributed by atoms with E-state index in [1.807, 2.05) is 72.8 Å². The van der Waals surface area contributed by atoms with Crippen LogP contribution in [0.15, 0.2) is 78.9 Å². The van der Waals surface area contributed by atoms with Crippen molar-refractivity contribution in [3.63, 3.8) is 0 Å². The van der Waals surface area contributed by atoms with Crippen LogP contribution in [0.3, 0.4) is 0 Å². The molecule has 1 aliphatic heterocycles. The third-order valence-corrected chi connectivity index (χ3v) is 5.63. The number of hydrogen-bond donors (Lipinski definition) is 1. The van der Waals surface area contributed by atoms with Crippen molar-refractivity contribution in [3.05, 3.63) is 95.6 Å². The fourth-order valence-corrected chi connectivity index (χ4v) is 4.33. The number of hydrogen-bond acceptors (Lipinski definition) is 4. The van der Waals surface area contributed by atoms with Gasteiger partial charge in [-0.05, 0) is 41.3 Å². The van der Waals surface area contributed by atoms with Crippen LogP contribution in [0.5, 0.6) is 23.0 Å². The molecular weight excluding hydrogens is 364 g/mol. The number of ether oxygens (including phenoxy) is 3. The molecule has 1 N–H and O–H groups in total. The minimum absolute atomic E-state index is 0.226. The summed E-state index contributed by atoms with van der Waals surface area (Å²) < 4.78 is 18.0. The lowest BCUT2D eigenvalue weighted by atomic mass is 9.76. The summed E-state index contributed by atoms with van der Waals surface area (Å²) in [5, 5.41) is 12.1. The minimum Gasteiger partial charge on any atom is -0.507 e. The molecule has 0 unspecified atom stereocenters. The van der Waals surface area contributed by atoms with E-state index in [2.05, 4.69) is 0 Å². The Kier molecular flexibility index (Phi) is 3.96. The Bertz CT molecular complexity index is 1220. The first-order valence-electron chi connectivity index (χ1n) is 9.41. The van der Waals surface area contributed by atoms with Crippen LogP contribution in [-0.4, -0.2) is 19.3 Å². The maximum Gasteiger partial charge on any atom is 0.151 e. The number of benzene rings is 4. The van der Waals surface area contributed by atoms with Crippen LogP contribution in [-0.2, 0) is 10.3 Å². The van der Waals surface area contributed by atoms with E-state index in [0.29, 0.717) is 17.2 Å². The Hall–Kier alpha value is -3.50. The molecule has 4 aromatic rings. The Balaban J connectivity index is 1.94. The zero-order chi connectivity index (χ0) is 20.0. The summed E-state index contributed by atoms with van der Waals surface area (Å²) in [6, 6.07) is 25.1. The summed E-state index contributed by atoms with van der Waals surface area (Å²) in [6.45, 7) is 0. The monoisotopic (exact) mass is 384 g/mol. The second-order valence-electron chi connectivity index (χ2n) is 7.03. The molecule has 4 heteroatoms. The fraction of sp³-hybridized carbons (Fsp3) is 0.120. The van der Waals surface area contributed by atoms with E-state index in [4.69, 9.17) is 14.2 Å². The van der Waals surface area contributed by atoms with Gasteiger partial charge in [-0.2, -0.15) is 0 Å². The molecule has 0 radical (unpaired) electrons. The van der Waals surface area contributed by atoms with Gasteiger partial charge in [0.05, 0.1) is 7.11 Å². The van der Waals surface area contributed by atoms with Gasteiger partial charge in [0, 0.05) is 29.7 Å². The summed E-state index contributed by atoms with van der Waals surface area (Å²) in [7, 11) is 3.34. The molecule has 1 atom stereocenters. The molecule has 29 heavy (non-hydrogen) atoms. The molecule has 144 valence electrons. The maximum atomic E-state index is 10.5. The summed E-state index contributed by atoms with van der Waals surface area (Å²) >= 11 is 0. The lowest BCUT2D eigenvalue weighted by Crippen LogP contribution is -2.35. The summed E-state index contributed by atoms with van der Waals surface area (Å²) in [6.07, 6.45) is 0. The van der Waals surface area contributed by atoms with Gasteiger partial charge in [-0.25, -0.2) is 0 Å². The Morgan fingerprint density at radius 1 is 0.793 bits per heavy atom. The second-order valence-corrected chi connectivity index (χ2v) is 7.03. The number of methoxy groups -OCH3 is 2. The van der Waals surface area contributed by atoms with E-state index in [9.17, 15) is 5.11 Å². The number of rotatable bonds is 3. The largest absolute Gasteiger partial charge is 0.507 e. The van der Waals surface area contributed by atoms with Crippen molar-refractivity contribution in [1.82, 2.24) is 0 Å². The van der Waals surface area contributed by atoms with E-state index in [0.717, 1.165) is 27.5 Å². The highest BCUT2D eigenvalue weighted by Crippen LogP contribution is 2.55. The van der Waals surface area contributed by atoms with E-state index < -0.39 is 5.60 Å². The zero-order valence-corrected chi connectivity index (χ0v) is 16.2. The topological polar surface area (TPSA) is 47.9 Å². The van der Waals surface area contributed by atoms with Crippen molar-refractivity contribution in [3.8, 4) is 23.0 Å². The standard InChI is InChI=1S/C25H20O4/c1-27-17-11-13-20-23(15-17)29-22-14-12-18-19(9-6-10-21(18)26)24(22)25(20,28-2)16-7-4-3-5-8-16/h3-15,26H,1-2H3/t25-/m1/s1. The molecule has 0 saturated heterocycles. The zero-order valence-electron chi connectivity index (χ0n) is 16.2. The molecule has 1 heterocycles.